The second kappa shape index (κ2) is 6.17. The Morgan fingerprint density at radius 1 is 1.19 bits per heavy atom. The number of nitrogens with one attached hydrogen (secondary N) is 1. The van der Waals surface area contributed by atoms with E-state index in [0.717, 1.165) is 6.07 Å². The van der Waals surface area contributed by atoms with E-state index in [1.165, 1.54) is 24.3 Å². The van der Waals surface area contributed by atoms with Crippen molar-refractivity contribution in [1.29, 1.82) is 0 Å². The van der Waals surface area contributed by atoms with Crippen LogP contribution in [0.3, 0.4) is 0 Å². The third-order valence-electron chi connectivity index (χ3n) is 2.91. The maximum atomic E-state index is 13.2. The molecule has 0 aliphatic carbocycles. The summed E-state index contributed by atoms with van der Waals surface area (Å²) >= 11 is 3.12. The van der Waals surface area contributed by atoms with E-state index >= 15 is 0 Å². The summed E-state index contributed by atoms with van der Waals surface area (Å²) in [5.74, 6) is -1.30. The van der Waals surface area contributed by atoms with Gasteiger partial charge in [-0.15, -0.1) is 0 Å². The molecule has 1 N–H and O–H groups in total. The van der Waals surface area contributed by atoms with Crippen LogP contribution in [0.4, 0.5) is 20.2 Å². The standard InChI is InChI=1S/C14H11BrF2N2O2/c1-8(9-4-10(16)6-11(17)5-9)18-12-2-3-14(19(20)21)13(15)7-12/h2-8,18H,1H3. The summed E-state index contributed by atoms with van der Waals surface area (Å²) in [7, 11) is 0. The SMILES string of the molecule is CC(Nc1ccc([N+](=O)[O-])c(Br)c1)c1cc(F)cc(F)c1. The molecule has 0 heterocycles. The normalized spacial score (nSPS) is 12.0. The molecule has 0 amide bonds. The van der Waals surface area contributed by atoms with Crippen LogP contribution >= 0.6 is 15.9 Å². The highest BCUT2D eigenvalue weighted by Gasteiger charge is 2.13. The van der Waals surface area contributed by atoms with Gasteiger partial charge in [-0.05, 0) is 52.7 Å². The first-order chi connectivity index (χ1) is 9.86. The molecule has 1 atom stereocenters. The molecule has 0 aliphatic heterocycles. The molecule has 110 valence electrons. The highest BCUT2D eigenvalue weighted by molar-refractivity contribution is 9.10. The van der Waals surface area contributed by atoms with Gasteiger partial charge in [0, 0.05) is 23.9 Å². The van der Waals surface area contributed by atoms with E-state index < -0.39 is 16.6 Å². The van der Waals surface area contributed by atoms with Crippen molar-refractivity contribution in [2.75, 3.05) is 5.32 Å². The van der Waals surface area contributed by atoms with Gasteiger partial charge in [-0.1, -0.05) is 0 Å². The highest BCUT2D eigenvalue weighted by atomic mass is 79.9. The van der Waals surface area contributed by atoms with E-state index in [2.05, 4.69) is 21.2 Å². The average Bonchev–Trinajstić information content (AvgIpc) is 2.37. The van der Waals surface area contributed by atoms with Crippen LogP contribution in [0.5, 0.6) is 0 Å². The molecule has 0 bridgehead atoms. The van der Waals surface area contributed by atoms with Crippen LogP contribution in [0.1, 0.15) is 18.5 Å². The molecule has 2 aromatic rings. The van der Waals surface area contributed by atoms with E-state index in [1.807, 2.05) is 0 Å². The number of nitro benzene ring substituents is 1. The van der Waals surface area contributed by atoms with E-state index in [-0.39, 0.29) is 11.7 Å². The summed E-state index contributed by atoms with van der Waals surface area (Å²) < 4.78 is 26.7. The predicted molar refractivity (Wildman–Crippen MR) is 79.2 cm³/mol. The minimum absolute atomic E-state index is 0.0509. The van der Waals surface area contributed by atoms with Gasteiger partial charge in [-0.25, -0.2) is 8.78 Å². The zero-order chi connectivity index (χ0) is 15.6. The minimum Gasteiger partial charge on any atom is -0.378 e. The van der Waals surface area contributed by atoms with Crippen molar-refractivity contribution in [2.45, 2.75) is 13.0 Å². The van der Waals surface area contributed by atoms with Gasteiger partial charge in [0.1, 0.15) is 11.6 Å². The Hall–Kier alpha value is -2.02. The van der Waals surface area contributed by atoms with Crippen LogP contribution < -0.4 is 5.32 Å². The van der Waals surface area contributed by atoms with Gasteiger partial charge in [-0.3, -0.25) is 10.1 Å². The first kappa shape index (κ1) is 15.4. The highest BCUT2D eigenvalue weighted by Crippen LogP contribution is 2.29. The Balaban J connectivity index is 2.21. The summed E-state index contributed by atoms with van der Waals surface area (Å²) in [6.45, 7) is 1.74. The number of anilines is 1. The molecule has 0 aromatic heterocycles. The van der Waals surface area contributed by atoms with Gasteiger partial charge in [0.25, 0.3) is 5.69 Å². The Kier molecular flexibility index (Phi) is 4.52. The van der Waals surface area contributed by atoms with Crippen LogP contribution in [0, 0.1) is 21.7 Å². The van der Waals surface area contributed by atoms with Crippen molar-refractivity contribution >= 4 is 27.3 Å². The van der Waals surface area contributed by atoms with Crippen molar-refractivity contribution in [3.05, 3.63) is 68.2 Å². The molecule has 4 nitrogen and oxygen atoms in total. The van der Waals surface area contributed by atoms with E-state index in [0.29, 0.717) is 15.7 Å². The minimum atomic E-state index is -0.650. The predicted octanol–water partition coefficient (Wildman–Crippen LogP) is 4.81. The molecular formula is C14H11BrF2N2O2. The van der Waals surface area contributed by atoms with Crippen LogP contribution in [-0.4, -0.2) is 4.92 Å². The fraction of sp³-hybridized carbons (Fsp3) is 0.143. The van der Waals surface area contributed by atoms with Crippen molar-refractivity contribution in [1.82, 2.24) is 0 Å². The molecule has 0 fully saturated rings. The number of rotatable bonds is 4. The lowest BCUT2D eigenvalue weighted by molar-refractivity contribution is -0.385. The summed E-state index contributed by atoms with van der Waals surface area (Å²) in [5, 5.41) is 13.8. The molecule has 2 rings (SSSR count). The van der Waals surface area contributed by atoms with Gasteiger partial charge < -0.3 is 5.32 Å². The van der Waals surface area contributed by atoms with Crippen molar-refractivity contribution in [2.24, 2.45) is 0 Å². The van der Waals surface area contributed by atoms with E-state index in [9.17, 15) is 18.9 Å². The Labute approximate surface area is 128 Å². The quantitative estimate of drug-likeness (QED) is 0.631. The molecule has 21 heavy (non-hydrogen) atoms. The lowest BCUT2D eigenvalue weighted by atomic mass is 10.1. The van der Waals surface area contributed by atoms with Crippen molar-refractivity contribution in [3.63, 3.8) is 0 Å². The van der Waals surface area contributed by atoms with Crippen molar-refractivity contribution < 1.29 is 13.7 Å². The first-order valence-electron chi connectivity index (χ1n) is 6.03. The third-order valence-corrected chi connectivity index (χ3v) is 3.55. The maximum absolute atomic E-state index is 13.2. The molecule has 0 saturated carbocycles. The third kappa shape index (κ3) is 3.75. The Morgan fingerprint density at radius 3 is 2.33 bits per heavy atom. The van der Waals surface area contributed by atoms with Crippen LogP contribution in [0.2, 0.25) is 0 Å². The Bertz CT molecular complexity index is 674. The van der Waals surface area contributed by atoms with E-state index in [4.69, 9.17) is 0 Å². The molecule has 2 aromatic carbocycles. The topological polar surface area (TPSA) is 55.2 Å². The van der Waals surface area contributed by atoms with E-state index in [1.54, 1.807) is 13.0 Å². The average molecular weight is 357 g/mol. The van der Waals surface area contributed by atoms with Gasteiger partial charge in [0.05, 0.1) is 9.40 Å². The maximum Gasteiger partial charge on any atom is 0.283 e. The van der Waals surface area contributed by atoms with Gasteiger partial charge in [-0.2, -0.15) is 0 Å². The molecule has 1 unspecified atom stereocenters. The Morgan fingerprint density at radius 2 is 1.81 bits per heavy atom. The van der Waals surface area contributed by atoms with Crippen LogP contribution in [-0.2, 0) is 0 Å². The lowest BCUT2D eigenvalue weighted by Crippen LogP contribution is -2.07. The molecule has 0 saturated heterocycles. The number of nitro groups is 1. The molecular weight excluding hydrogens is 346 g/mol. The number of hydrogen-bond donors (Lipinski definition) is 1. The number of nitrogens with zero attached hydrogens (tertiary/aromatic N) is 1. The van der Waals surface area contributed by atoms with Crippen LogP contribution in [0.15, 0.2) is 40.9 Å². The largest absolute Gasteiger partial charge is 0.378 e. The van der Waals surface area contributed by atoms with Crippen LogP contribution in [0.25, 0.3) is 0 Å². The fourth-order valence-electron chi connectivity index (χ4n) is 1.90. The number of benzene rings is 2. The molecule has 7 heteroatoms. The second-order valence-corrected chi connectivity index (χ2v) is 5.35. The monoisotopic (exact) mass is 356 g/mol. The summed E-state index contributed by atoms with van der Waals surface area (Å²) in [5.41, 5.74) is 0.997. The number of hydrogen-bond acceptors (Lipinski definition) is 3. The number of halogens is 3. The second-order valence-electron chi connectivity index (χ2n) is 4.49. The molecule has 0 spiro atoms. The molecule has 0 radical (unpaired) electrons. The molecule has 0 aliphatic rings. The van der Waals surface area contributed by atoms with Crippen molar-refractivity contribution in [3.8, 4) is 0 Å². The zero-order valence-corrected chi connectivity index (χ0v) is 12.5. The lowest BCUT2D eigenvalue weighted by Gasteiger charge is -2.16. The fourth-order valence-corrected chi connectivity index (χ4v) is 2.43. The zero-order valence-electron chi connectivity index (χ0n) is 10.9. The van der Waals surface area contributed by atoms with Gasteiger partial charge in [0.15, 0.2) is 0 Å². The summed E-state index contributed by atoms with van der Waals surface area (Å²) in [4.78, 5) is 10.2. The smallest absolute Gasteiger partial charge is 0.283 e. The van der Waals surface area contributed by atoms with Gasteiger partial charge >= 0.3 is 0 Å². The summed E-state index contributed by atoms with van der Waals surface area (Å²) in [6.07, 6.45) is 0. The summed E-state index contributed by atoms with van der Waals surface area (Å²) in [6, 6.07) is 7.36. The van der Waals surface area contributed by atoms with Gasteiger partial charge in [0.2, 0.25) is 0 Å². The first-order valence-corrected chi connectivity index (χ1v) is 6.82.